The first-order chi connectivity index (χ1) is 11.1. The molecule has 0 aliphatic heterocycles. The van der Waals surface area contributed by atoms with Gasteiger partial charge >= 0.3 is 0 Å². The topological polar surface area (TPSA) is 49.3 Å². The minimum absolute atomic E-state index is 0.163. The minimum Gasteiger partial charge on any atom is -0.383 e. The SMILES string of the molecule is O=C(CCc1ccccc1F)NCC1(O)CCCc2sccc21. The molecule has 23 heavy (non-hydrogen) atoms. The van der Waals surface area contributed by atoms with Crippen LogP contribution in [0.4, 0.5) is 4.39 Å². The molecule has 2 aromatic rings. The molecule has 0 spiro atoms. The zero-order valence-corrected chi connectivity index (χ0v) is 13.7. The average Bonchev–Trinajstić information content (AvgIpc) is 3.03. The second-order valence-corrected chi connectivity index (χ2v) is 7.01. The third kappa shape index (κ3) is 3.62. The van der Waals surface area contributed by atoms with Crippen molar-refractivity contribution < 1.29 is 14.3 Å². The van der Waals surface area contributed by atoms with Crippen LogP contribution in [-0.4, -0.2) is 17.6 Å². The maximum absolute atomic E-state index is 13.5. The van der Waals surface area contributed by atoms with Crippen molar-refractivity contribution in [2.45, 2.75) is 37.7 Å². The van der Waals surface area contributed by atoms with E-state index in [1.165, 1.54) is 10.9 Å². The van der Waals surface area contributed by atoms with E-state index in [1.807, 2.05) is 11.4 Å². The van der Waals surface area contributed by atoms with Gasteiger partial charge in [-0.05, 0) is 54.3 Å². The van der Waals surface area contributed by atoms with Gasteiger partial charge in [-0.25, -0.2) is 4.39 Å². The van der Waals surface area contributed by atoms with E-state index in [2.05, 4.69) is 5.32 Å². The van der Waals surface area contributed by atoms with Crippen molar-refractivity contribution in [1.82, 2.24) is 5.32 Å². The second kappa shape index (κ2) is 6.81. The van der Waals surface area contributed by atoms with Crippen LogP contribution < -0.4 is 5.32 Å². The summed E-state index contributed by atoms with van der Waals surface area (Å²) in [7, 11) is 0. The molecule has 0 radical (unpaired) electrons. The number of hydrogen-bond acceptors (Lipinski definition) is 3. The van der Waals surface area contributed by atoms with Gasteiger partial charge < -0.3 is 10.4 Å². The van der Waals surface area contributed by atoms with E-state index in [0.717, 1.165) is 18.4 Å². The Labute approximate surface area is 139 Å². The highest BCUT2D eigenvalue weighted by Crippen LogP contribution is 2.37. The molecule has 2 N–H and O–H groups in total. The molecule has 1 atom stereocenters. The van der Waals surface area contributed by atoms with E-state index in [0.29, 0.717) is 18.4 Å². The van der Waals surface area contributed by atoms with Crippen LogP contribution in [0.2, 0.25) is 0 Å². The van der Waals surface area contributed by atoms with Crippen molar-refractivity contribution in [2.24, 2.45) is 0 Å². The average molecular weight is 333 g/mol. The highest BCUT2D eigenvalue weighted by atomic mass is 32.1. The predicted octanol–water partition coefficient (Wildman–Crippen LogP) is 3.16. The van der Waals surface area contributed by atoms with E-state index in [1.54, 1.807) is 29.5 Å². The van der Waals surface area contributed by atoms with E-state index in [9.17, 15) is 14.3 Å². The lowest BCUT2D eigenvalue weighted by molar-refractivity contribution is -0.122. The number of carbonyl (C=O) groups is 1. The van der Waals surface area contributed by atoms with Gasteiger partial charge in [0.1, 0.15) is 11.4 Å². The van der Waals surface area contributed by atoms with E-state index < -0.39 is 5.60 Å². The third-order valence-corrected chi connectivity index (χ3v) is 5.38. The van der Waals surface area contributed by atoms with Crippen molar-refractivity contribution in [1.29, 1.82) is 0 Å². The molecule has 0 saturated carbocycles. The number of fused-ring (bicyclic) bond motifs is 1. The number of aryl methyl sites for hydroxylation is 2. The Morgan fingerprint density at radius 1 is 1.35 bits per heavy atom. The van der Waals surface area contributed by atoms with Gasteiger partial charge in [0.05, 0.1) is 6.54 Å². The first-order valence-corrected chi connectivity index (χ1v) is 8.76. The summed E-state index contributed by atoms with van der Waals surface area (Å²) in [5, 5.41) is 15.6. The molecule has 1 aromatic heterocycles. The standard InChI is InChI=1S/C18H20FNO2S/c19-15-5-2-1-4-13(15)7-8-17(21)20-12-18(22)10-3-6-16-14(18)9-11-23-16/h1-2,4-5,9,11,22H,3,6-8,10,12H2,(H,20,21). The van der Waals surface area contributed by atoms with Crippen LogP contribution >= 0.6 is 11.3 Å². The molecular formula is C18H20FNO2S. The van der Waals surface area contributed by atoms with E-state index in [4.69, 9.17) is 0 Å². The van der Waals surface area contributed by atoms with Crippen molar-refractivity contribution in [3.05, 3.63) is 57.5 Å². The summed E-state index contributed by atoms with van der Waals surface area (Å²) in [4.78, 5) is 13.2. The summed E-state index contributed by atoms with van der Waals surface area (Å²) in [6.45, 7) is 0.215. The zero-order chi connectivity index (χ0) is 16.3. The Hall–Kier alpha value is -1.72. The molecule has 5 heteroatoms. The molecule has 1 amide bonds. The largest absolute Gasteiger partial charge is 0.383 e. The number of aliphatic hydroxyl groups is 1. The van der Waals surface area contributed by atoms with Crippen LogP contribution in [-0.2, 0) is 23.2 Å². The van der Waals surface area contributed by atoms with Gasteiger partial charge in [0.25, 0.3) is 0 Å². The smallest absolute Gasteiger partial charge is 0.220 e. The summed E-state index contributed by atoms with van der Waals surface area (Å²) in [5.41, 5.74) is 0.517. The Bertz CT molecular complexity index is 700. The number of halogens is 1. The molecule has 3 rings (SSSR count). The molecule has 1 unspecified atom stereocenters. The number of amides is 1. The van der Waals surface area contributed by atoms with Crippen LogP contribution in [0.15, 0.2) is 35.7 Å². The third-order valence-electron chi connectivity index (χ3n) is 4.40. The van der Waals surface area contributed by atoms with E-state index in [-0.39, 0.29) is 24.7 Å². The van der Waals surface area contributed by atoms with Crippen molar-refractivity contribution >= 4 is 17.2 Å². The molecule has 0 saturated heterocycles. The van der Waals surface area contributed by atoms with Crippen LogP contribution in [0.1, 0.15) is 35.3 Å². The Balaban J connectivity index is 1.55. The fraction of sp³-hybridized carbons (Fsp3) is 0.389. The molecule has 3 nitrogen and oxygen atoms in total. The number of thiophene rings is 1. The van der Waals surface area contributed by atoms with Crippen molar-refractivity contribution in [2.75, 3.05) is 6.54 Å². The lowest BCUT2D eigenvalue weighted by Crippen LogP contribution is -2.42. The van der Waals surface area contributed by atoms with Gasteiger partial charge in [0.2, 0.25) is 5.91 Å². The summed E-state index contributed by atoms with van der Waals surface area (Å²) in [6.07, 6.45) is 3.16. The molecule has 1 heterocycles. The van der Waals surface area contributed by atoms with Crippen molar-refractivity contribution in [3.8, 4) is 0 Å². The highest BCUT2D eigenvalue weighted by Gasteiger charge is 2.35. The van der Waals surface area contributed by atoms with Crippen molar-refractivity contribution in [3.63, 3.8) is 0 Å². The van der Waals surface area contributed by atoms with Crippen LogP contribution in [0, 0.1) is 5.82 Å². The number of carbonyl (C=O) groups excluding carboxylic acids is 1. The zero-order valence-electron chi connectivity index (χ0n) is 12.8. The fourth-order valence-corrected chi connectivity index (χ4v) is 4.11. The second-order valence-electron chi connectivity index (χ2n) is 6.01. The first kappa shape index (κ1) is 16.1. The quantitative estimate of drug-likeness (QED) is 0.883. The minimum atomic E-state index is -0.971. The molecule has 1 aromatic carbocycles. The van der Waals surface area contributed by atoms with Crippen LogP contribution in [0.5, 0.6) is 0 Å². The van der Waals surface area contributed by atoms with Gasteiger partial charge in [-0.3, -0.25) is 4.79 Å². The summed E-state index contributed by atoms with van der Waals surface area (Å²) < 4.78 is 13.5. The maximum Gasteiger partial charge on any atom is 0.220 e. The lowest BCUT2D eigenvalue weighted by atomic mass is 9.83. The number of hydrogen-bond donors (Lipinski definition) is 2. The molecule has 0 fully saturated rings. The van der Waals surface area contributed by atoms with Gasteiger partial charge in [-0.2, -0.15) is 0 Å². The monoisotopic (exact) mass is 333 g/mol. The van der Waals surface area contributed by atoms with Crippen LogP contribution in [0.25, 0.3) is 0 Å². The Kier molecular flexibility index (Phi) is 4.78. The Morgan fingerprint density at radius 2 is 2.17 bits per heavy atom. The van der Waals surface area contributed by atoms with Gasteiger partial charge in [-0.15, -0.1) is 11.3 Å². The summed E-state index contributed by atoms with van der Waals surface area (Å²) >= 11 is 1.66. The number of nitrogens with one attached hydrogen (secondary N) is 1. The van der Waals surface area contributed by atoms with Gasteiger partial charge in [0.15, 0.2) is 0 Å². The molecule has 0 bridgehead atoms. The first-order valence-electron chi connectivity index (χ1n) is 7.88. The maximum atomic E-state index is 13.5. The molecular weight excluding hydrogens is 313 g/mol. The summed E-state index contributed by atoms with van der Waals surface area (Å²) in [5.74, 6) is -0.446. The molecule has 1 aliphatic rings. The highest BCUT2D eigenvalue weighted by molar-refractivity contribution is 7.10. The number of rotatable bonds is 5. The lowest BCUT2D eigenvalue weighted by Gasteiger charge is -2.32. The molecule has 1 aliphatic carbocycles. The summed E-state index contributed by atoms with van der Waals surface area (Å²) in [6, 6.07) is 8.44. The Morgan fingerprint density at radius 3 is 3.00 bits per heavy atom. The fourth-order valence-electron chi connectivity index (χ4n) is 3.09. The van der Waals surface area contributed by atoms with Crippen LogP contribution in [0.3, 0.4) is 0 Å². The van der Waals surface area contributed by atoms with E-state index >= 15 is 0 Å². The predicted molar refractivity (Wildman–Crippen MR) is 88.9 cm³/mol. The number of benzene rings is 1. The molecule has 122 valence electrons. The van der Waals surface area contributed by atoms with Gasteiger partial charge in [0, 0.05) is 11.3 Å². The normalized spacial score (nSPS) is 20.1. The van der Waals surface area contributed by atoms with Gasteiger partial charge in [-0.1, -0.05) is 18.2 Å².